The van der Waals surface area contributed by atoms with Crippen LogP contribution >= 0.6 is 11.6 Å². The molecule has 0 spiro atoms. The van der Waals surface area contributed by atoms with Crippen molar-refractivity contribution in [2.24, 2.45) is 0 Å². The Morgan fingerprint density at radius 3 is 2.81 bits per heavy atom. The van der Waals surface area contributed by atoms with Gasteiger partial charge in [-0.25, -0.2) is 9.18 Å². The second-order valence-corrected chi connectivity index (χ2v) is 4.55. The molecule has 0 fully saturated rings. The Labute approximate surface area is 122 Å². The van der Waals surface area contributed by atoms with Crippen molar-refractivity contribution in [3.8, 4) is 0 Å². The summed E-state index contributed by atoms with van der Waals surface area (Å²) in [5.41, 5.74) is 4.30. The average Bonchev–Trinajstić information content (AvgIpc) is 2.39. The second kappa shape index (κ2) is 5.80. The quantitative estimate of drug-likeness (QED) is 0.719. The zero-order valence-electron chi connectivity index (χ0n) is 10.5. The van der Waals surface area contributed by atoms with Crippen LogP contribution in [0.25, 0.3) is 0 Å². The minimum absolute atomic E-state index is 0.0511. The predicted octanol–water partition coefficient (Wildman–Crippen LogP) is 0.550. The minimum Gasteiger partial charge on any atom is -0.397 e. The first kappa shape index (κ1) is 14.8. The van der Waals surface area contributed by atoms with Crippen LogP contribution in [-0.2, 0) is 11.3 Å². The lowest BCUT2D eigenvalue weighted by molar-refractivity contribution is -0.116. The highest BCUT2D eigenvalue weighted by molar-refractivity contribution is 6.30. The molecule has 4 N–H and O–H groups in total. The fourth-order valence-electron chi connectivity index (χ4n) is 1.59. The van der Waals surface area contributed by atoms with Gasteiger partial charge >= 0.3 is 5.69 Å². The van der Waals surface area contributed by atoms with Crippen molar-refractivity contribution in [2.75, 3.05) is 11.1 Å². The Hall–Kier alpha value is -2.61. The number of aromatic amines is 1. The number of nitrogens with zero attached hydrogens (tertiary/aromatic N) is 1. The third kappa shape index (κ3) is 3.48. The van der Waals surface area contributed by atoms with Crippen LogP contribution in [0.5, 0.6) is 0 Å². The third-order valence-electron chi connectivity index (χ3n) is 2.57. The number of carbonyl (C=O) groups is 1. The molecular formula is C12H10ClFN4O3. The molecule has 1 aromatic heterocycles. The first-order valence-electron chi connectivity index (χ1n) is 5.71. The van der Waals surface area contributed by atoms with Gasteiger partial charge in [-0.05, 0) is 18.2 Å². The van der Waals surface area contributed by atoms with Crippen LogP contribution < -0.4 is 22.3 Å². The minimum atomic E-state index is -0.772. The summed E-state index contributed by atoms with van der Waals surface area (Å²) in [5, 5.41) is 2.20. The van der Waals surface area contributed by atoms with E-state index in [0.717, 1.165) is 22.9 Å². The summed E-state index contributed by atoms with van der Waals surface area (Å²) in [6.45, 7) is -0.383. The van der Waals surface area contributed by atoms with E-state index in [1.807, 2.05) is 4.98 Å². The molecule has 1 amide bonds. The van der Waals surface area contributed by atoms with Crippen LogP contribution in [0, 0.1) is 5.82 Å². The molecule has 0 aliphatic heterocycles. The first-order valence-corrected chi connectivity index (χ1v) is 6.09. The number of hydrogen-bond acceptors (Lipinski definition) is 4. The van der Waals surface area contributed by atoms with Gasteiger partial charge in [-0.1, -0.05) is 11.6 Å². The molecule has 110 valence electrons. The number of anilines is 2. The molecule has 0 bridgehead atoms. The van der Waals surface area contributed by atoms with Gasteiger partial charge in [-0.15, -0.1) is 0 Å². The molecule has 0 radical (unpaired) electrons. The number of carbonyl (C=O) groups excluding carboxylic acids is 1. The average molecular weight is 313 g/mol. The number of hydrogen-bond donors (Lipinski definition) is 3. The summed E-state index contributed by atoms with van der Waals surface area (Å²) in [6, 6.07) is 3.48. The summed E-state index contributed by atoms with van der Waals surface area (Å²) in [5.74, 6) is -1.12. The summed E-state index contributed by atoms with van der Waals surface area (Å²) in [4.78, 5) is 36.4. The van der Waals surface area contributed by atoms with Crippen LogP contribution in [0.2, 0.25) is 5.02 Å². The molecule has 0 saturated heterocycles. The van der Waals surface area contributed by atoms with Crippen molar-refractivity contribution in [1.82, 2.24) is 9.55 Å². The number of halogens is 2. The summed E-state index contributed by atoms with van der Waals surface area (Å²) < 4.78 is 13.8. The molecule has 1 heterocycles. The number of nitrogens with one attached hydrogen (secondary N) is 2. The number of amides is 1. The van der Waals surface area contributed by atoms with E-state index in [2.05, 4.69) is 5.32 Å². The Balaban J connectivity index is 2.17. The highest BCUT2D eigenvalue weighted by Crippen LogP contribution is 2.18. The van der Waals surface area contributed by atoms with E-state index in [1.54, 1.807) is 0 Å². The van der Waals surface area contributed by atoms with Crippen LogP contribution in [0.1, 0.15) is 0 Å². The number of rotatable bonds is 3. The van der Waals surface area contributed by atoms with Crippen molar-refractivity contribution in [2.45, 2.75) is 6.54 Å². The van der Waals surface area contributed by atoms with E-state index >= 15 is 0 Å². The molecule has 7 nitrogen and oxygen atoms in total. The standard InChI is InChI=1S/C12H10ClFN4O3/c13-7-4-18(12(21)17-11(7)20)5-10(19)16-9-2-1-6(14)3-8(9)15/h1-4H,5,15H2,(H,16,19)(H,17,20,21). The van der Waals surface area contributed by atoms with E-state index < -0.39 is 23.0 Å². The summed E-state index contributed by atoms with van der Waals surface area (Å²) in [6.07, 6.45) is 1.05. The lowest BCUT2D eigenvalue weighted by Crippen LogP contribution is -2.33. The maximum absolute atomic E-state index is 12.9. The summed E-state index contributed by atoms with van der Waals surface area (Å²) >= 11 is 5.58. The van der Waals surface area contributed by atoms with Crippen molar-refractivity contribution < 1.29 is 9.18 Å². The SMILES string of the molecule is Nc1cc(F)ccc1NC(=O)Cn1cc(Cl)c(=O)[nH]c1=O. The Kier molecular flexibility index (Phi) is 4.08. The molecule has 9 heteroatoms. The van der Waals surface area contributed by atoms with Gasteiger partial charge in [0.15, 0.2) is 0 Å². The molecule has 0 aliphatic carbocycles. The third-order valence-corrected chi connectivity index (χ3v) is 2.84. The van der Waals surface area contributed by atoms with Crippen molar-refractivity contribution in [1.29, 1.82) is 0 Å². The van der Waals surface area contributed by atoms with Crippen molar-refractivity contribution >= 4 is 28.9 Å². The van der Waals surface area contributed by atoms with Gasteiger partial charge in [0.05, 0.1) is 11.4 Å². The molecule has 0 unspecified atom stereocenters. The lowest BCUT2D eigenvalue weighted by Gasteiger charge is -2.09. The summed E-state index contributed by atoms with van der Waals surface area (Å²) in [7, 11) is 0. The normalized spacial score (nSPS) is 10.4. The molecule has 21 heavy (non-hydrogen) atoms. The van der Waals surface area contributed by atoms with Crippen molar-refractivity contribution in [3.05, 3.63) is 56.1 Å². The number of aromatic nitrogens is 2. The maximum Gasteiger partial charge on any atom is 0.328 e. The molecule has 0 saturated carbocycles. The van der Waals surface area contributed by atoms with Gasteiger partial charge in [-0.3, -0.25) is 19.1 Å². The largest absolute Gasteiger partial charge is 0.397 e. The van der Waals surface area contributed by atoms with Crippen LogP contribution in [0.4, 0.5) is 15.8 Å². The van der Waals surface area contributed by atoms with E-state index in [0.29, 0.717) is 0 Å². The van der Waals surface area contributed by atoms with Crippen molar-refractivity contribution in [3.63, 3.8) is 0 Å². The van der Waals surface area contributed by atoms with Gasteiger partial charge in [0.2, 0.25) is 5.91 Å². The van der Waals surface area contributed by atoms with Gasteiger partial charge in [0.25, 0.3) is 5.56 Å². The topological polar surface area (TPSA) is 110 Å². The fraction of sp³-hybridized carbons (Fsp3) is 0.0833. The van der Waals surface area contributed by atoms with Gasteiger partial charge < -0.3 is 11.1 Å². The van der Waals surface area contributed by atoms with E-state index in [1.165, 1.54) is 6.07 Å². The molecule has 1 aromatic carbocycles. The Morgan fingerprint density at radius 2 is 2.14 bits per heavy atom. The number of benzene rings is 1. The fourth-order valence-corrected chi connectivity index (χ4v) is 1.76. The molecule has 2 rings (SSSR count). The Bertz CT molecular complexity index is 815. The van der Waals surface area contributed by atoms with Crippen LogP contribution in [-0.4, -0.2) is 15.5 Å². The second-order valence-electron chi connectivity index (χ2n) is 4.14. The molecule has 2 aromatic rings. The molecular weight excluding hydrogens is 303 g/mol. The lowest BCUT2D eigenvalue weighted by atomic mass is 10.2. The van der Waals surface area contributed by atoms with E-state index in [4.69, 9.17) is 17.3 Å². The molecule has 0 atom stereocenters. The number of H-pyrrole nitrogens is 1. The predicted molar refractivity (Wildman–Crippen MR) is 75.8 cm³/mol. The number of nitrogens with two attached hydrogens (primary N) is 1. The highest BCUT2D eigenvalue weighted by Gasteiger charge is 2.09. The first-order chi connectivity index (χ1) is 9.86. The van der Waals surface area contributed by atoms with Crippen LogP contribution in [0.3, 0.4) is 0 Å². The van der Waals surface area contributed by atoms with Gasteiger partial charge in [0, 0.05) is 6.20 Å². The van der Waals surface area contributed by atoms with Gasteiger partial charge in [0.1, 0.15) is 17.4 Å². The highest BCUT2D eigenvalue weighted by atomic mass is 35.5. The van der Waals surface area contributed by atoms with Gasteiger partial charge in [-0.2, -0.15) is 0 Å². The van der Waals surface area contributed by atoms with Crippen LogP contribution in [0.15, 0.2) is 34.0 Å². The van der Waals surface area contributed by atoms with E-state index in [-0.39, 0.29) is 22.9 Å². The number of nitrogen functional groups attached to an aromatic ring is 1. The Morgan fingerprint density at radius 1 is 1.43 bits per heavy atom. The zero-order chi connectivity index (χ0) is 15.6. The zero-order valence-corrected chi connectivity index (χ0v) is 11.3. The van der Waals surface area contributed by atoms with E-state index in [9.17, 15) is 18.8 Å². The molecule has 0 aliphatic rings. The smallest absolute Gasteiger partial charge is 0.328 e. The maximum atomic E-state index is 12.9. The monoisotopic (exact) mass is 312 g/mol.